The fraction of sp³-hybridized carbons (Fsp3) is 1.00. The molecule has 1 N–H and O–H groups in total. The van der Waals surface area contributed by atoms with Crippen LogP contribution in [-0.2, 0) is 0 Å². The van der Waals surface area contributed by atoms with Crippen LogP contribution in [0.1, 0.15) is 65.7 Å². The lowest BCUT2D eigenvalue weighted by atomic mass is 9.89. The summed E-state index contributed by atoms with van der Waals surface area (Å²) in [4.78, 5) is 0. The highest BCUT2D eigenvalue weighted by Gasteiger charge is 2.37. The highest BCUT2D eigenvalue weighted by Crippen LogP contribution is 2.44. The van der Waals surface area contributed by atoms with Gasteiger partial charge in [0.1, 0.15) is 0 Å². The molecule has 0 aromatic heterocycles. The van der Waals surface area contributed by atoms with E-state index in [1.165, 1.54) is 51.5 Å². The molecule has 2 saturated carbocycles. The summed E-state index contributed by atoms with van der Waals surface area (Å²) in [5.41, 5.74) is 0.670. The van der Waals surface area contributed by atoms with Gasteiger partial charge < -0.3 is 5.32 Å². The molecule has 2 unspecified atom stereocenters. The zero-order valence-corrected chi connectivity index (χ0v) is 11.4. The molecule has 0 bridgehead atoms. The van der Waals surface area contributed by atoms with E-state index in [2.05, 4.69) is 26.1 Å². The van der Waals surface area contributed by atoms with Crippen molar-refractivity contribution in [3.63, 3.8) is 0 Å². The van der Waals surface area contributed by atoms with Crippen LogP contribution >= 0.6 is 0 Å². The van der Waals surface area contributed by atoms with Crippen molar-refractivity contribution in [2.45, 2.75) is 71.8 Å². The molecule has 0 heterocycles. The minimum absolute atomic E-state index is 0.670. The molecule has 0 saturated heterocycles. The van der Waals surface area contributed by atoms with E-state index in [0.29, 0.717) is 5.41 Å². The molecular formula is C15H29N. The van der Waals surface area contributed by atoms with E-state index in [1.807, 2.05) is 0 Å². The SMILES string of the molecule is CC(C)C1CCCC(NCC2(C)CC2)CC1. The molecule has 0 aromatic carbocycles. The van der Waals surface area contributed by atoms with E-state index in [1.54, 1.807) is 0 Å². The molecule has 2 aliphatic rings. The van der Waals surface area contributed by atoms with Crippen LogP contribution < -0.4 is 5.32 Å². The van der Waals surface area contributed by atoms with Crippen molar-refractivity contribution in [3.05, 3.63) is 0 Å². The molecule has 16 heavy (non-hydrogen) atoms. The molecule has 0 aromatic rings. The Balaban J connectivity index is 1.71. The molecule has 0 aliphatic heterocycles. The Kier molecular flexibility index (Phi) is 3.94. The van der Waals surface area contributed by atoms with Gasteiger partial charge in [0.25, 0.3) is 0 Å². The van der Waals surface area contributed by atoms with Crippen LogP contribution in [0.15, 0.2) is 0 Å². The summed E-state index contributed by atoms with van der Waals surface area (Å²) >= 11 is 0. The fourth-order valence-electron chi connectivity index (χ4n) is 2.98. The zero-order chi connectivity index (χ0) is 11.6. The smallest absolute Gasteiger partial charge is 0.00673 e. The van der Waals surface area contributed by atoms with Gasteiger partial charge in [-0.25, -0.2) is 0 Å². The van der Waals surface area contributed by atoms with Crippen molar-refractivity contribution in [1.82, 2.24) is 5.32 Å². The molecule has 94 valence electrons. The fourth-order valence-corrected chi connectivity index (χ4v) is 2.98. The average Bonchev–Trinajstić information content (AvgIpc) is 2.99. The molecule has 0 radical (unpaired) electrons. The number of hydrogen-bond acceptors (Lipinski definition) is 1. The van der Waals surface area contributed by atoms with E-state index >= 15 is 0 Å². The maximum atomic E-state index is 3.82. The lowest BCUT2D eigenvalue weighted by Crippen LogP contribution is -2.33. The Hall–Kier alpha value is -0.0400. The molecule has 0 spiro atoms. The normalized spacial score (nSPS) is 33.8. The molecule has 2 atom stereocenters. The maximum Gasteiger partial charge on any atom is 0.00673 e. The highest BCUT2D eigenvalue weighted by atomic mass is 14.9. The number of rotatable bonds is 4. The summed E-state index contributed by atoms with van der Waals surface area (Å²) in [6, 6.07) is 0.821. The maximum absolute atomic E-state index is 3.82. The monoisotopic (exact) mass is 223 g/mol. The largest absolute Gasteiger partial charge is 0.313 e. The summed E-state index contributed by atoms with van der Waals surface area (Å²) in [5.74, 6) is 1.88. The van der Waals surface area contributed by atoms with E-state index in [0.717, 1.165) is 17.9 Å². The summed E-state index contributed by atoms with van der Waals surface area (Å²) in [5, 5.41) is 3.82. The third-order valence-electron chi connectivity index (χ3n) is 4.88. The van der Waals surface area contributed by atoms with Crippen molar-refractivity contribution in [2.24, 2.45) is 17.3 Å². The molecule has 2 fully saturated rings. The minimum Gasteiger partial charge on any atom is -0.313 e. The van der Waals surface area contributed by atoms with Crippen LogP contribution in [0.4, 0.5) is 0 Å². The quantitative estimate of drug-likeness (QED) is 0.711. The van der Waals surface area contributed by atoms with Crippen molar-refractivity contribution in [3.8, 4) is 0 Å². The summed E-state index contributed by atoms with van der Waals surface area (Å²) in [6.45, 7) is 8.48. The van der Waals surface area contributed by atoms with Gasteiger partial charge in [-0.3, -0.25) is 0 Å². The summed E-state index contributed by atoms with van der Waals surface area (Å²) in [6.07, 6.45) is 10.1. The Labute approximate surface area is 101 Å². The van der Waals surface area contributed by atoms with Gasteiger partial charge in [-0.05, 0) is 49.4 Å². The molecular weight excluding hydrogens is 194 g/mol. The molecule has 0 amide bonds. The van der Waals surface area contributed by atoms with Gasteiger partial charge in [-0.2, -0.15) is 0 Å². The lowest BCUT2D eigenvalue weighted by Gasteiger charge is -2.20. The van der Waals surface area contributed by atoms with Crippen LogP contribution in [0.5, 0.6) is 0 Å². The Morgan fingerprint density at radius 1 is 1.12 bits per heavy atom. The first-order valence-electron chi connectivity index (χ1n) is 7.32. The standard InChI is InChI=1S/C15H29N/c1-12(2)13-5-4-6-14(8-7-13)16-11-15(3)9-10-15/h12-14,16H,4-11H2,1-3H3. The van der Waals surface area contributed by atoms with Gasteiger partial charge in [-0.1, -0.05) is 33.6 Å². The predicted molar refractivity (Wildman–Crippen MR) is 70.5 cm³/mol. The van der Waals surface area contributed by atoms with Crippen molar-refractivity contribution >= 4 is 0 Å². The first-order chi connectivity index (χ1) is 7.59. The first-order valence-corrected chi connectivity index (χ1v) is 7.32. The predicted octanol–water partition coefficient (Wildman–Crippen LogP) is 3.98. The average molecular weight is 223 g/mol. The zero-order valence-electron chi connectivity index (χ0n) is 11.4. The Morgan fingerprint density at radius 2 is 1.88 bits per heavy atom. The lowest BCUT2D eigenvalue weighted by molar-refractivity contribution is 0.335. The third-order valence-corrected chi connectivity index (χ3v) is 4.88. The van der Waals surface area contributed by atoms with Gasteiger partial charge in [-0.15, -0.1) is 0 Å². The van der Waals surface area contributed by atoms with E-state index in [9.17, 15) is 0 Å². The molecule has 1 heteroatoms. The molecule has 1 nitrogen and oxygen atoms in total. The van der Waals surface area contributed by atoms with Gasteiger partial charge in [0.05, 0.1) is 0 Å². The second-order valence-corrected chi connectivity index (χ2v) is 6.90. The van der Waals surface area contributed by atoms with Gasteiger partial charge >= 0.3 is 0 Å². The number of nitrogens with one attached hydrogen (secondary N) is 1. The van der Waals surface area contributed by atoms with Crippen LogP contribution in [0, 0.1) is 17.3 Å². The highest BCUT2D eigenvalue weighted by molar-refractivity contribution is 4.91. The van der Waals surface area contributed by atoms with Crippen LogP contribution in [0.3, 0.4) is 0 Å². The van der Waals surface area contributed by atoms with E-state index in [-0.39, 0.29) is 0 Å². The Morgan fingerprint density at radius 3 is 2.50 bits per heavy atom. The van der Waals surface area contributed by atoms with Crippen LogP contribution in [0.2, 0.25) is 0 Å². The van der Waals surface area contributed by atoms with E-state index in [4.69, 9.17) is 0 Å². The van der Waals surface area contributed by atoms with Gasteiger partial charge in [0, 0.05) is 12.6 Å². The Bertz CT molecular complexity index is 217. The topological polar surface area (TPSA) is 12.0 Å². The van der Waals surface area contributed by atoms with Crippen LogP contribution in [0.25, 0.3) is 0 Å². The van der Waals surface area contributed by atoms with Crippen molar-refractivity contribution < 1.29 is 0 Å². The second-order valence-electron chi connectivity index (χ2n) is 6.90. The second kappa shape index (κ2) is 5.08. The van der Waals surface area contributed by atoms with Crippen molar-refractivity contribution in [2.75, 3.05) is 6.54 Å². The number of hydrogen-bond donors (Lipinski definition) is 1. The molecule has 2 aliphatic carbocycles. The van der Waals surface area contributed by atoms with E-state index < -0.39 is 0 Å². The summed E-state index contributed by atoms with van der Waals surface area (Å²) in [7, 11) is 0. The summed E-state index contributed by atoms with van der Waals surface area (Å²) < 4.78 is 0. The van der Waals surface area contributed by atoms with Crippen molar-refractivity contribution in [1.29, 1.82) is 0 Å². The third kappa shape index (κ3) is 3.48. The molecule has 2 rings (SSSR count). The van der Waals surface area contributed by atoms with Gasteiger partial charge in [0.2, 0.25) is 0 Å². The minimum atomic E-state index is 0.670. The first kappa shape index (κ1) is 12.4. The van der Waals surface area contributed by atoms with Gasteiger partial charge in [0.15, 0.2) is 0 Å². The van der Waals surface area contributed by atoms with Crippen LogP contribution in [-0.4, -0.2) is 12.6 Å².